The fourth-order valence-corrected chi connectivity index (χ4v) is 2.89. The van der Waals surface area contributed by atoms with Crippen molar-refractivity contribution in [2.45, 2.75) is 13.8 Å². The zero-order valence-corrected chi connectivity index (χ0v) is 16.1. The number of hydrogen-bond donors (Lipinski definition) is 1. The van der Waals surface area contributed by atoms with Crippen LogP contribution in [0.2, 0.25) is 10.0 Å². The average molecular weight is 395 g/mol. The summed E-state index contributed by atoms with van der Waals surface area (Å²) in [5.41, 5.74) is 1.03. The van der Waals surface area contributed by atoms with Gasteiger partial charge in [-0.25, -0.2) is 0 Å². The van der Waals surface area contributed by atoms with Gasteiger partial charge in [0.1, 0.15) is 0 Å². The second kappa shape index (κ2) is 9.46. The lowest BCUT2D eigenvalue weighted by Gasteiger charge is -2.19. The molecule has 0 bridgehead atoms. The number of hydrogen-bond acceptors (Lipinski definition) is 3. The number of nitrogens with one attached hydrogen (secondary N) is 1. The highest BCUT2D eigenvalue weighted by Crippen LogP contribution is 2.32. The second-order valence-corrected chi connectivity index (χ2v) is 6.26. The highest BCUT2D eigenvalue weighted by molar-refractivity contribution is 6.37. The third-order valence-electron chi connectivity index (χ3n) is 3.71. The Balaban J connectivity index is 2.01. The average Bonchev–Trinajstić information content (AvgIpc) is 2.62. The number of amides is 2. The fraction of sp³-hybridized carbons (Fsp3) is 0.263. The van der Waals surface area contributed by atoms with Crippen molar-refractivity contribution in [1.29, 1.82) is 0 Å². The van der Waals surface area contributed by atoms with Crippen molar-refractivity contribution >= 4 is 40.7 Å². The van der Waals surface area contributed by atoms with Crippen LogP contribution in [0.15, 0.2) is 42.5 Å². The van der Waals surface area contributed by atoms with Crippen molar-refractivity contribution in [3.63, 3.8) is 0 Å². The number of nitrogens with zero attached hydrogens (tertiary/aromatic N) is 1. The van der Waals surface area contributed by atoms with Crippen LogP contribution in [0.5, 0.6) is 5.75 Å². The monoisotopic (exact) mass is 394 g/mol. The van der Waals surface area contributed by atoms with Crippen molar-refractivity contribution in [3.05, 3.63) is 58.1 Å². The fourth-order valence-electron chi connectivity index (χ4n) is 2.38. The first-order chi connectivity index (χ1) is 12.5. The molecule has 0 atom stereocenters. The van der Waals surface area contributed by atoms with Gasteiger partial charge < -0.3 is 15.0 Å². The van der Waals surface area contributed by atoms with E-state index in [2.05, 4.69) is 5.32 Å². The predicted octanol–water partition coefficient (Wildman–Crippen LogP) is 4.49. The number of carbonyl (C=O) groups is 2. The molecule has 0 fully saturated rings. The largest absolute Gasteiger partial charge is 0.481 e. The van der Waals surface area contributed by atoms with Crippen LogP contribution in [0, 0.1) is 0 Å². The molecule has 2 rings (SSSR count). The third-order valence-corrected chi connectivity index (χ3v) is 4.31. The van der Waals surface area contributed by atoms with E-state index in [-0.39, 0.29) is 24.2 Å². The van der Waals surface area contributed by atoms with Gasteiger partial charge >= 0.3 is 0 Å². The Morgan fingerprint density at radius 2 is 1.65 bits per heavy atom. The third kappa shape index (κ3) is 5.13. The summed E-state index contributed by atoms with van der Waals surface area (Å²) in [6.45, 7) is 4.84. The molecule has 7 heteroatoms. The normalized spacial score (nSPS) is 10.3. The van der Waals surface area contributed by atoms with Crippen LogP contribution < -0.4 is 10.1 Å². The van der Waals surface area contributed by atoms with Crippen molar-refractivity contribution < 1.29 is 14.3 Å². The molecule has 0 heterocycles. The molecule has 2 amide bonds. The van der Waals surface area contributed by atoms with E-state index in [1.54, 1.807) is 47.4 Å². The first-order valence-electron chi connectivity index (χ1n) is 8.22. The van der Waals surface area contributed by atoms with E-state index in [0.717, 1.165) is 0 Å². The minimum atomic E-state index is -0.381. The van der Waals surface area contributed by atoms with Gasteiger partial charge in [0.25, 0.3) is 11.8 Å². The summed E-state index contributed by atoms with van der Waals surface area (Å²) in [7, 11) is 0. The Morgan fingerprint density at radius 3 is 2.27 bits per heavy atom. The molecule has 138 valence electrons. The van der Waals surface area contributed by atoms with Crippen molar-refractivity contribution in [1.82, 2.24) is 4.90 Å². The zero-order chi connectivity index (χ0) is 19.1. The van der Waals surface area contributed by atoms with E-state index < -0.39 is 0 Å². The van der Waals surface area contributed by atoms with Gasteiger partial charge in [-0.3, -0.25) is 9.59 Å². The molecule has 2 aromatic carbocycles. The maximum absolute atomic E-state index is 12.4. The molecular formula is C19H20Cl2N2O3. The smallest absolute Gasteiger partial charge is 0.262 e. The molecule has 0 radical (unpaired) electrons. The molecular weight excluding hydrogens is 375 g/mol. The highest BCUT2D eigenvalue weighted by atomic mass is 35.5. The SMILES string of the molecule is CCN(CC)C(=O)c1cccc(NC(=O)COc2c(Cl)cccc2Cl)c1. The first kappa shape index (κ1) is 20.1. The van der Waals surface area contributed by atoms with Crippen molar-refractivity contribution in [2.75, 3.05) is 25.0 Å². The van der Waals surface area contributed by atoms with E-state index in [0.29, 0.717) is 34.4 Å². The summed E-state index contributed by atoms with van der Waals surface area (Å²) in [5.74, 6) is -0.199. The Morgan fingerprint density at radius 1 is 1.04 bits per heavy atom. The molecule has 26 heavy (non-hydrogen) atoms. The molecule has 2 aromatic rings. The van der Waals surface area contributed by atoms with E-state index in [1.807, 2.05) is 13.8 Å². The van der Waals surface area contributed by atoms with Gasteiger partial charge in [0.2, 0.25) is 0 Å². The van der Waals surface area contributed by atoms with Gasteiger partial charge in [0.05, 0.1) is 10.0 Å². The predicted molar refractivity (Wildman–Crippen MR) is 104 cm³/mol. The summed E-state index contributed by atoms with van der Waals surface area (Å²) in [6, 6.07) is 11.7. The van der Waals surface area contributed by atoms with E-state index in [4.69, 9.17) is 27.9 Å². The second-order valence-electron chi connectivity index (χ2n) is 5.45. The molecule has 0 spiro atoms. The molecule has 1 N–H and O–H groups in total. The number of rotatable bonds is 7. The Kier molecular flexibility index (Phi) is 7.30. The molecule has 0 aliphatic carbocycles. The Labute approximate surface area is 162 Å². The minimum Gasteiger partial charge on any atom is -0.481 e. The Hall–Kier alpha value is -2.24. The van der Waals surface area contributed by atoms with E-state index in [9.17, 15) is 9.59 Å². The number of halogens is 2. The number of carbonyl (C=O) groups excluding carboxylic acids is 2. The topological polar surface area (TPSA) is 58.6 Å². The van der Waals surface area contributed by atoms with Crippen LogP contribution in [-0.2, 0) is 4.79 Å². The lowest BCUT2D eigenvalue weighted by Crippen LogP contribution is -2.30. The van der Waals surface area contributed by atoms with Gasteiger partial charge in [-0.1, -0.05) is 35.3 Å². The van der Waals surface area contributed by atoms with Crippen LogP contribution in [-0.4, -0.2) is 36.4 Å². The van der Waals surface area contributed by atoms with Crippen LogP contribution in [0.4, 0.5) is 5.69 Å². The van der Waals surface area contributed by atoms with Crippen LogP contribution in [0.25, 0.3) is 0 Å². The molecule has 0 saturated heterocycles. The highest BCUT2D eigenvalue weighted by Gasteiger charge is 2.14. The molecule has 0 aliphatic heterocycles. The molecule has 0 aromatic heterocycles. The maximum atomic E-state index is 12.4. The Bertz CT molecular complexity index is 772. The summed E-state index contributed by atoms with van der Waals surface area (Å²) in [5, 5.41) is 3.36. The van der Waals surface area contributed by atoms with Gasteiger partial charge in [0, 0.05) is 24.3 Å². The molecule has 0 saturated carbocycles. The number of anilines is 1. The standard InChI is InChI=1S/C19H20Cl2N2O3/c1-3-23(4-2)19(25)13-7-5-8-14(11-13)22-17(24)12-26-18-15(20)9-6-10-16(18)21/h5-11H,3-4,12H2,1-2H3,(H,22,24). The van der Waals surface area contributed by atoms with Gasteiger partial charge in [-0.2, -0.15) is 0 Å². The van der Waals surface area contributed by atoms with Crippen LogP contribution in [0.3, 0.4) is 0 Å². The van der Waals surface area contributed by atoms with Gasteiger partial charge in [-0.15, -0.1) is 0 Å². The summed E-state index contributed by atoms with van der Waals surface area (Å²) in [4.78, 5) is 26.2. The van der Waals surface area contributed by atoms with Crippen LogP contribution in [0.1, 0.15) is 24.2 Å². The summed E-state index contributed by atoms with van der Waals surface area (Å²) < 4.78 is 5.40. The molecule has 0 unspecified atom stereocenters. The van der Waals surface area contributed by atoms with Crippen molar-refractivity contribution in [2.24, 2.45) is 0 Å². The van der Waals surface area contributed by atoms with Gasteiger partial charge in [-0.05, 0) is 44.2 Å². The van der Waals surface area contributed by atoms with Crippen LogP contribution >= 0.6 is 23.2 Å². The quantitative estimate of drug-likeness (QED) is 0.752. The number of ether oxygens (including phenoxy) is 1. The maximum Gasteiger partial charge on any atom is 0.262 e. The zero-order valence-electron chi connectivity index (χ0n) is 14.6. The number of benzene rings is 2. The first-order valence-corrected chi connectivity index (χ1v) is 8.97. The summed E-state index contributed by atoms with van der Waals surface area (Å²) >= 11 is 12.0. The number of para-hydroxylation sites is 1. The van der Waals surface area contributed by atoms with E-state index >= 15 is 0 Å². The van der Waals surface area contributed by atoms with Crippen molar-refractivity contribution in [3.8, 4) is 5.75 Å². The molecule has 0 aliphatic rings. The minimum absolute atomic E-state index is 0.0785. The lowest BCUT2D eigenvalue weighted by atomic mass is 10.1. The lowest BCUT2D eigenvalue weighted by molar-refractivity contribution is -0.118. The van der Waals surface area contributed by atoms with E-state index in [1.165, 1.54) is 0 Å². The molecule has 5 nitrogen and oxygen atoms in total. The summed E-state index contributed by atoms with van der Waals surface area (Å²) in [6.07, 6.45) is 0. The van der Waals surface area contributed by atoms with Gasteiger partial charge in [0.15, 0.2) is 12.4 Å².